The summed E-state index contributed by atoms with van der Waals surface area (Å²) in [6.07, 6.45) is -5.74. The van der Waals surface area contributed by atoms with E-state index in [1.165, 1.54) is 6.92 Å². The molecule has 0 aliphatic heterocycles. The number of aliphatic hydroxyl groups is 2. The minimum atomic E-state index is -4.65. The first-order chi connectivity index (χ1) is 4.87. The molecule has 76 valence electrons. The van der Waals surface area contributed by atoms with Gasteiger partial charge in [-0.25, -0.2) is 0 Å². The third kappa shape index (κ3) is 3.16. The first kappa shape index (κ1) is 14.5. The average Bonchev–Trinajstić information content (AvgIpc) is 1.86. The molecule has 0 rings (SSSR count). The van der Waals surface area contributed by atoms with Crippen molar-refractivity contribution in [1.29, 1.82) is 0 Å². The highest BCUT2D eigenvalue weighted by Crippen LogP contribution is 2.35. The van der Waals surface area contributed by atoms with E-state index >= 15 is 0 Å². The van der Waals surface area contributed by atoms with E-state index in [-0.39, 0.29) is 12.4 Å². The van der Waals surface area contributed by atoms with E-state index in [0.29, 0.717) is 0 Å². The van der Waals surface area contributed by atoms with Gasteiger partial charge in [0.25, 0.3) is 0 Å². The zero-order valence-corrected chi connectivity index (χ0v) is 7.37. The Morgan fingerprint density at radius 1 is 1.25 bits per heavy atom. The fourth-order valence-electron chi connectivity index (χ4n) is 0.704. The molecule has 6 heteroatoms. The lowest BCUT2D eigenvalue weighted by atomic mass is 9.96. The van der Waals surface area contributed by atoms with Gasteiger partial charge in [0.15, 0.2) is 5.60 Å². The van der Waals surface area contributed by atoms with Crippen molar-refractivity contribution in [3.63, 3.8) is 0 Å². The third-order valence-corrected chi connectivity index (χ3v) is 1.64. The highest BCUT2D eigenvalue weighted by atomic mass is 35.5. The fourth-order valence-corrected chi connectivity index (χ4v) is 0.704. The summed E-state index contributed by atoms with van der Waals surface area (Å²) in [5.74, 6) is 0. The van der Waals surface area contributed by atoms with Crippen LogP contribution in [0.25, 0.3) is 0 Å². The maximum atomic E-state index is 11.9. The van der Waals surface area contributed by atoms with Gasteiger partial charge in [-0.15, -0.1) is 12.4 Å². The van der Waals surface area contributed by atoms with Gasteiger partial charge in [0.1, 0.15) is 0 Å². The van der Waals surface area contributed by atoms with Crippen LogP contribution in [0.2, 0.25) is 0 Å². The molecular weight excluding hydrogens is 197 g/mol. The van der Waals surface area contributed by atoms with Crippen molar-refractivity contribution in [2.24, 2.45) is 0 Å². The second-order valence-electron chi connectivity index (χ2n) is 2.36. The summed E-state index contributed by atoms with van der Waals surface area (Å²) in [6.45, 7) is 0.562. The van der Waals surface area contributed by atoms with Gasteiger partial charge in [-0.2, -0.15) is 13.2 Å². The summed E-state index contributed by atoms with van der Waals surface area (Å²) in [6, 6.07) is 0. The molecule has 0 saturated heterocycles. The van der Waals surface area contributed by atoms with Gasteiger partial charge in [-0.3, -0.25) is 0 Å². The summed E-state index contributed by atoms with van der Waals surface area (Å²) < 4.78 is 35.8. The van der Waals surface area contributed by atoms with Crippen molar-refractivity contribution in [3.8, 4) is 0 Å². The zero-order valence-electron chi connectivity index (χ0n) is 6.56. The second-order valence-corrected chi connectivity index (χ2v) is 2.36. The smallest absolute Gasteiger partial charge is 0.396 e. The molecule has 0 radical (unpaired) electrons. The van der Waals surface area contributed by atoms with Crippen LogP contribution < -0.4 is 0 Å². The Morgan fingerprint density at radius 3 is 1.75 bits per heavy atom. The SMILES string of the molecule is CCC(O)(CCO)C(F)(F)F.Cl. The van der Waals surface area contributed by atoms with E-state index in [1.54, 1.807) is 0 Å². The number of hydrogen-bond acceptors (Lipinski definition) is 2. The normalized spacial score (nSPS) is 16.5. The molecule has 0 amide bonds. The van der Waals surface area contributed by atoms with Crippen molar-refractivity contribution in [2.45, 2.75) is 31.5 Å². The molecule has 0 saturated carbocycles. The molecule has 0 fully saturated rings. The maximum absolute atomic E-state index is 11.9. The summed E-state index contributed by atoms with van der Waals surface area (Å²) in [5.41, 5.74) is -2.72. The van der Waals surface area contributed by atoms with Crippen LogP contribution in [0.4, 0.5) is 13.2 Å². The summed E-state index contributed by atoms with van der Waals surface area (Å²) in [5, 5.41) is 17.1. The van der Waals surface area contributed by atoms with Crippen LogP contribution in [-0.4, -0.2) is 28.6 Å². The van der Waals surface area contributed by atoms with Crippen molar-refractivity contribution < 1.29 is 23.4 Å². The predicted molar refractivity (Wildman–Crippen MR) is 40.2 cm³/mol. The van der Waals surface area contributed by atoms with E-state index in [9.17, 15) is 13.2 Å². The highest BCUT2D eigenvalue weighted by molar-refractivity contribution is 5.85. The highest BCUT2D eigenvalue weighted by Gasteiger charge is 2.51. The van der Waals surface area contributed by atoms with Crippen molar-refractivity contribution in [3.05, 3.63) is 0 Å². The lowest BCUT2D eigenvalue weighted by molar-refractivity contribution is -0.265. The molecule has 0 aliphatic rings. The molecule has 0 heterocycles. The molecule has 12 heavy (non-hydrogen) atoms. The quantitative estimate of drug-likeness (QED) is 0.738. The van der Waals surface area contributed by atoms with Crippen LogP contribution in [0.1, 0.15) is 19.8 Å². The molecule has 0 aromatic heterocycles. The van der Waals surface area contributed by atoms with Gasteiger partial charge < -0.3 is 10.2 Å². The van der Waals surface area contributed by atoms with Crippen molar-refractivity contribution in [2.75, 3.05) is 6.61 Å². The van der Waals surface area contributed by atoms with E-state index in [4.69, 9.17) is 10.2 Å². The summed E-state index contributed by atoms with van der Waals surface area (Å²) in [4.78, 5) is 0. The molecular formula is C6H12ClF3O2. The number of alkyl halides is 3. The van der Waals surface area contributed by atoms with E-state index in [2.05, 4.69) is 0 Å². The third-order valence-electron chi connectivity index (χ3n) is 1.64. The second kappa shape index (κ2) is 4.89. The van der Waals surface area contributed by atoms with Crippen molar-refractivity contribution >= 4 is 12.4 Å². The van der Waals surface area contributed by atoms with Gasteiger partial charge in [-0.05, 0) is 6.42 Å². The largest absolute Gasteiger partial charge is 0.417 e. The van der Waals surface area contributed by atoms with Gasteiger partial charge >= 0.3 is 6.18 Å². The van der Waals surface area contributed by atoms with Gasteiger partial charge in [-0.1, -0.05) is 6.92 Å². The average molecular weight is 209 g/mol. The number of hydrogen-bond donors (Lipinski definition) is 2. The van der Waals surface area contributed by atoms with E-state index in [0.717, 1.165) is 0 Å². The maximum Gasteiger partial charge on any atom is 0.417 e. The Hall–Kier alpha value is -0.0000000000000000555. The van der Waals surface area contributed by atoms with Crippen LogP contribution >= 0.6 is 12.4 Å². The fraction of sp³-hybridized carbons (Fsp3) is 1.00. The molecule has 0 bridgehead atoms. The Balaban J connectivity index is 0. The van der Waals surface area contributed by atoms with Crippen LogP contribution in [0.5, 0.6) is 0 Å². The zero-order chi connectivity index (χ0) is 9.12. The molecule has 0 spiro atoms. The molecule has 1 unspecified atom stereocenters. The lowest BCUT2D eigenvalue weighted by Gasteiger charge is -2.28. The Morgan fingerprint density at radius 2 is 1.67 bits per heavy atom. The van der Waals surface area contributed by atoms with Crippen LogP contribution in [-0.2, 0) is 0 Å². The standard InChI is InChI=1S/C6H11F3O2.ClH/c1-2-5(11,3-4-10)6(7,8)9;/h10-11H,2-4H2,1H3;1H. The first-order valence-corrected chi connectivity index (χ1v) is 3.27. The van der Waals surface area contributed by atoms with Crippen LogP contribution in [0, 0.1) is 0 Å². The summed E-state index contributed by atoms with van der Waals surface area (Å²) >= 11 is 0. The summed E-state index contributed by atoms with van der Waals surface area (Å²) in [7, 11) is 0. The minimum Gasteiger partial charge on any atom is -0.396 e. The number of rotatable bonds is 3. The van der Waals surface area contributed by atoms with Crippen molar-refractivity contribution in [1.82, 2.24) is 0 Å². The Kier molecular flexibility index (Phi) is 5.92. The Bertz CT molecular complexity index is 128. The first-order valence-electron chi connectivity index (χ1n) is 3.27. The number of aliphatic hydroxyl groups excluding tert-OH is 1. The van der Waals surface area contributed by atoms with Crippen LogP contribution in [0.3, 0.4) is 0 Å². The predicted octanol–water partition coefficient (Wildman–Crippen LogP) is 1.49. The molecule has 0 aliphatic carbocycles. The van der Waals surface area contributed by atoms with Gasteiger partial charge in [0.2, 0.25) is 0 Å². The monoisotopic (exact) mass is 208 g/mol. The molecule has 0 aromatic rings. The molecule has 1 atom stereocenters. The van der Waals surface area contributed by atoms with E-state index < -0.39 is 31.2 Å². The minimum absolute atomic E-state index is 0. The van der Waals surface area contributed by atoms with Gasteiger partial charge in [0, 0.05) is 13.0 Å². The van der Waals surface area contributed by atoms with Crippen LogP contribution in [0.15, 0.2) is 0 Å². The lowest BCUT2D eigenvalue weighted by Crippen LogP contribution is -2.45. The van der Waals surface area contributed by atoms with Gasteiger partial charge in [0.05, 0.1) is 0 Å². The topological polar surface area (TPSA) is 40.5 Å². The molecule has 2 nitrogen and oxygen atoms in total. The number of halogens is 4. The molecule has 2 N–H and O–H groups in total. The Labute approximate surface area is 74.8 Å². The van der Waals surface area contributed by atoms with E-state index in [1.807, 2.05) is 0 Å². The molecule has 0 aromatic carbocycles.